The van der Waals surface area contributed by atoms with Crippen molar-refractivity contribution in [2.75, 3.05) is 6.54 Å². The molecule has 1 N–H and O–H groups in total. The number of hydrogen-bond acceptors (Lipinski definition) is 2. The summed E-state index contributed by atoms with van der Waals surface area (Å²) < 4.78 is 2.10. The number of carbonyl (C=O) groups is 1. The van der Waals surface area contributed by atoms with E-state index >= 15 is 0 Å². The normalized spacial score (nSPS) is 10.8. The summed E-state index contributed by atoms with van der Waals surface area (Å²) in [4.78, 5) is 16.6. The highest BCUT2D eigenvalue weighted by Gasteiger charge is 2.08. The zero-order valence-electron chi connectivity index (χ0n) is 13.3. The monoisotopic (exact) mass is 307 g/mol. The van der Waals surface area contributed by atoms with Gasteiger partial charge in [0.25, 0.3) is 0 Å². The van der Waals surface area contributed by atoms with Crippen LogP contribution in [0, 0.1) is 6.92 Å². The molecule has 1 aromatic heterocycles. The van der Waals surface area contributed by atoms with Crippen LogP contribution in [0.25, 0.3) is 11.0 Å². The van der Waals surface area contributed by atoms with Crippen molar-refractivity contribution >= 4 is 16.9 Å². The van der Waals surface area contributed by atoms with Crippen molar-refractivity contribution in [1.29, 1.82) is 0 Å². The molecule has 0 fully saturated rings. The minimum absolute atomic E-state index is 0.0816. The predicted octanol–water partition coefficient (Wildman–Crippen LogP) is 3.09. The summed E-state index contributed by atoms with van der Waals surface area (Å²) in [6.45, 7) is 3.31. The minimum Gasteiger partial charge on any atom is -0.356 e. The van der Waals surface area contributed by atoms with Crippen LogP contribution in [-0.4, -0.2) is 22.0 Å². The molecule has 1 amide bonds. The highest BCUT2D eigenvalue weighted by Crippen LogP contribution is 2.15. The Balaban J connectivity index is 1.51. The lowest BCUT2D eigenvalue weighted by Crippen LogP contribution is -2.26. The van der Waals surface area contributed by atoms with Crippen LogP contribution >= 0.6 is 0 Å². The van der Waals surface area contributed by atoms with Crippen LogP contribution in [0.15, 0.2) is 54.6 Å². The zero-order chi connectivity index (χ0) is 16.1. The van der Waals surface area contributed by atoms with Gasteiger partial charge in [0.2, 0.25) is 5.91 Å². The van der Waals surface area contributed by atoms with Crippen molar-refractivity contribution in [3.63, 3.8) is 0 Å². The first-order chi connectivity index (χ1) is 11.2. The Bertz CT molecular complexity index is 793. The second kappa shape index (κ2) is 7.09. The average Bonchev–Trinajstić information content (AvgIpc) is 2.89. The summed E-state index contributed by atoms with van der Waals surface area (Å²) in [5, 5.41) is 2.99. The molecule has 23 heavy (non-hydrogen) atoms. The van der Waals surface area contributed by atoms with Gasteiger partial charge in [-0.3, -0.25) is 4.79 Å². The van der Waals surface area contributed by atoms with E-state index in [1.165, 1.54) is 5.56 Å². The molecular weight excluding hydrogens is 286 g/mol. The number of rotatable bonds is 6. The third-order valence-electron chi connectivity index (χ3n) is 3.99. The second-order valence-electron chi connectivity index (χ2n) is 5.63. The van der Waals surface area contributed by atoms with Gasteiger partial charge in [-0.2, -0.15) is 0 Å². The number of nitrogens with one attached hydrogen (secondary N) is 1. The second-order valence-corrected chi connectivity index (χ2v) is 5.63. The molecule has 0 radical (unpaired) electrons. The first-order valence-corrected chi connectivity index (χ1v) is 7.96. The highest BCUT2D eigenvalue weighted by molar-refractivity contribution is 5.78. The van der Waals surface area contributed by atoms with E-state index in [2.05, 4.69) is 27.0 Å². The number of nitrogens with zero attached hydrogens (tertiary/aromatic N) is 2. The largest absolute Gasteiger partial charge is 0.356 e. The van der Waals surface area contributed by atoms with E-state index in [4.69, 9.17) is 0 Å². The molecule has 0 aliphatic heterocycles. The van der Waals surface area contributed by atoms with Crippen molar-refractivity contribution in [1.82, 2.24) is 14.9 Å². The quantitative estimate of drug-likeness (QED) is 0.760. The van der Waals surface area contributed by atoms with E-state index in [9.17, 15) is 4.79 Å². The standard InChI is InChI=1S/C19H21N3O/c1-15-21-17-9-5-6-10-18(17)22(15)14-12-19(23)20-13-11-16-7-3-2-4-8-16/h2-10H,11-14H2,1H3,(H,20,23). The number of aromatic nitrogens is 2. The molecular formula is C19H21N3O. The summed E-state index contributed by atoms with van der Waals surface area (Å²) in [7, 11) is 0. The van der Waals surface area contributed by atoms with Gasteiger partial charge in [-0.15, -0.1) is 0 Å². The third-order valence-corrected chi connectivity index (χ3v) is 3.99. The number of benzene rings is 2. The number of para-hydroxylation sites is 2. The van der Waals surface area contributed by atoms with Gasteiger partial charge in [-0.25, -0.2) is 4.98 Å². The molecule has 0 spiro atoms. The summed E-state index contributed by atoms with van der Waals surface area (Å²) in [6, 6.07) is 18.2. The van der Waals surface area contributed by atoms with E-state index < -0.39 is 0 Å². The molecule has 0 bridgehead atoms. The molecule has 0 atom stereocenters. The lowest BCUT2D eigenvalue weighted by atomic mass is 10.1. The van der Waals surface area contributed by atoms with Gasteiger partial charge in [0, 0.05) is 19.5 Å². The minimum atomic E-state index is 0.0816. The predicted molar refractivity (Wildman–Crippen MR) is 92.2 cm³/mol. The molecule has 1 heterocycles. The zero-order valence-corrected chi connectivity index (χ0v) is 13.3. The van der Waals surface area contributed by atoms with E-state index in [0.717, 1.165) is 23.3 Å². The van der Waals surface area contributed by atoms with Gasteiger partial charge in [0.05, 0.1) is 11.0 Å². The van der Waals surface area contributed by atoms with Gasteiger partial charge < -0.3 is 9.88 Å². The van der Waals surface area contributed by atoms with Gasteiger partial charge in [-0.05, 0) is 31.0 Å². The Morgan fingerprint density at radius 3 is 2.65 bits per heavy atom. The average molecular weight is 307 g/mol. The van der Waals surface area contributed by atoms with E-state index in [1.807, 2.05) is 49.4 Å². The fourth-order valence-corrected chi connectivity index (χ4v) is 2.77. The van der Waals surface area contributed by atoms with E-state index in [0.29, 0.717) is 19.5 Å². The number of amides is 1. The SMILES string of the molecule is Cc1nc2ccccc2n1CCC(=O)NCCc1ccccc1. The van der Waals surface area contributed by atoms with Gasteiger partial charge in [0.15, 0.2) is 0 Å². The molecule has 0 saturated heterocycles. The molecule has 0 aliphatic carbocycles. The number of fused-ring (bicyclic) bond motifs is 1. The van der Waals surface area contributed by atoms with Crippen LogP contribution in [0.3, 0.4) is 0 Å². The van der Waals surface area contributed by atoms with Gasteiger partial charge >= 0.3 is 0 Å². The van der Waals surface area contributed by atoms with Crippen molar-refractivity contribution in [3.05, 3.63) is 66.0 Å². The molecule has 3 rings (SSSR count). The van der Waals surface area contributed by atoms with Crippen molar-refractivity contribution in [2.24, 2.45) is 0 Å². The molecule has 118 valence electrons. The van der Waals surface area contributed by atoms with Crippen molar-refractivity contribution in [2.45, 2.75) is 26.3 Å². The van der Waals surface area contributed by atoms with Crippen LogP contribution in [0.2, 0.25) is 0 Å². The maximum Gasteiger partial charge on any atom is 0.221 e. The Morgan fingerprint density at radius 1 is 1.09 bits per heavy atom. The van der Waals surface area contributed by atoms with Crippen molar-refractivity contribution < 1.29 is 4.79 Å². The molecule has 2 aromatic carbocycles. The highest BCUT2D eigenvalue weighted by atomic mass is 16.1. The van der Waals surface area contributed by atoms with E-state index in [-0.39, 0.29) is 5.91 Å². The molecule has 3 aromatic rings. The van der Waals surface area contributed by atoms with Crippen LogP contribution in [-0.2, 0) is 17.8 Å². The lowest BCUT2D eigenvalue weighted by molar-refractivity contribution is -0.121. The number of aryl methyl sites for hydroxylation is 2. The fourth-order valence-electron chi connectivity index (χ4n) is 2.77. The summed E-state index contributed by atoms with van der Waals surface area (Å²) >= 11 is 0. The first-order valence-electron chi connectivity index (χ1n) is 7.96. The van der Waals surface area contributed by atoms with Crippen LogP contribution in [0.1, 0.15) is 17.8 Å². The first kappa shape index (κ1) is 15.3. The Hall–Kier alpha value is -2.62. The summed E-state index contributed by atoms with van der Waals surface area (Å²) in [5.74, 6) is 1.03. The van der Waals surface area contributed by atoms with Gasteiger partial charge in [0.1, 0.15) is 5.82 Å². The van der Waals surface area contributed by atoms with Crippen molar-refractivity contribution in [3.8, 4) is 0 Å². The van der Waals surface area contributed by atoms with Crippen LogP contribution < -0.4 is 5.32 Å². The molecule has 4 nitrogen and oxygen atoms in total. The van der Waals surface area contributed by atoms with E-state index in [1.54, 1.807) is 0 Å². The number of hydrogen-bond donors (Lipinski definition) is 1. The maximum atomic E-state index is 12.0. The molecule has 0 unspecified atom stereocenters. The smallest absolute Gasteiger partial charge is 0.221 e. The van der Waals surface area contributed by atoms with Gasteiger partial charge in [-0.1, -0.05) is 42.5 Å². The summed E-state index contributed by atoms with van der Waals surface area (Å²) in [6.07, 6.45) is 1.33. The maximum absolute atomic E-state index is 12.0. The number of carbonyl (C=O) groups excluding carboxylic acids is 1. The molecule has 0 saturated carbocycles. The summed E-state index contributed by atoms with van der Waals surface area (Å²) in [5.41, 5.74) is 3.31. The third kappa shape index (κ3) is 3.77. The number of imidazole rings is 1. The topological polar surface area (TPSA) is 46.9 Å². The fraction of sp³-hybridized carbons (Fsp3) is 0.263. The molecule has 0 aliphatic rings. The Kier molecular flexibility index (Phi) is 4.71. The Labute approximate surface area is 136 Å². The molecule has 4 heteroatoms. The van der Waals surface area contributed by atoms with Crippen LogP contribution in [0.4, 0.5) is 0 Å². The van der Waals surface area contributed by atoms with Crippen LogP contribution in [0.5, 0.6) is 0 Å². The lowest BCUT2D eigenvalue weighted by Gasteiger charge is -2.08. The Morgan fingerprint density at radius 2 is 1.83 bits per heavy atom.